The number of hydrogen-bond acceptors (Lipinski definition) is 5. The number of hydrogen-bond donors (Lipinski definition) is 1. The number of aromatic nitrogens is 2. The Hall–Kier alpha value is -2.66. The highest BCUT2D eigenvalue weighted by Crippen LogP contribution is 2.31. The zero-order valence-corrected chi connectivity index (χ0v) is 17.1. The Balaban J connectivity index is 1.71. The number of fused-ring (bicyclic) bond motifs is 1. The molecule has 0 aliphatic carbocycles. The van der Waals surface area contributed by atoms with Crippen LogP contribution in [0.25, 0.3) is 10.8 Å². The molecule has 1 atom stereocenters. The van der Waals surface area contributed by atoms with Crippen molar-refractivity contribution >= 4 is 22.3 Å². The van der Waals surface area contributed by atoms with Gasteiger partial charge in [-0.1, -0.05) is 24.3 Å². The number of nitrogens with zero attached hydrogens (tertiary/aromatic N) is 3. The van der Waals surface area contributed by atoms with E-state index in [1.807, 2.05) is 6.92 Å². The molecule has 1 N–H and O–H groups in total. The molecule has 0 saturated carbocycles. The van der Waals surface area contributed by atoms with Gasteiger partial charge < -0.3 is 15.0 Å². The number of morpholine rings is 1. The fourth-order valence-electron chi connectivity index (χ4n) is 3.93. The number of anilines is 2. The van der Waals surface area contributed by atoms with Gasteiger partial charge in [-0.05, 0) is 56.5 Å². The third-order valence-electron chi connectivity index (χ3n) is 5.79. The largest absolute Gasteiger partial charge is 0.378 e. The number of rotatable bonds is 4. The van der Waals surface area contributed by atoms with Crippen LogP contribution in [0.3, 0.4) is 0 Å². The van der Waals surface area contributed by atoms with Crippen LogP contribution in [-0.2, 0) is 4.74 Å². The summed E-state index contributed by atoms with van der Waals surface area (Å²) in [6, 6.07) is 13.2. The maximum atomic E-state index is 5.50. The molecule has 5 heteroatoms. The van der Waals surface area contributed by atoms with Gasteiger partial charge in [0.2, 0.25) is 0 Å². The van der Waals surface area contributed by atoms with Crippen molar-refractivity contribution in [3.8, 4) is 0 Å². The van der Waals surface area contributed by atoms with Gasteiger partial charge in [0.1, 0.15) is 0 Å². The van der Waals surface area contributed by atoms with Gasteiger partial charge in [0, 0.05) is 29.5 Å². The van der Waals surface area contributed by atoms with Gasteiger partial charge in [-0.15, -0.1) is 5.10 Å². The minimum atomic E-state index is 0.146. The summed E-state index contributed by atoms with van der Waals surface area (Å²) in [6.07, 6.45) is 0. The van der Waals surface area contributed by atoms with E-state index in [4.69, 9.17) is 4.74 Å². The fraction of sp³-hybridized carbons (Fsp3) is 0.391. The molecule has 1 aliphatic rings. The summed E-state index contributed by atoms with van der Waals surface area (Å²) in [4.78, 5) is 2.37. The first-order valence-corrected chi connectivity index (χ1v) is 9.97. The highest BCUT2D eigenvalue weighted by Gasteiger charge is 2.16. The zero-order valence-electron chi connectivity index (χ0n) is 17.1. The van der Waals surface area contributed by atoms with Crippen molar-refractivity contribution in [2.45, 2.75) is 33.7 Å². The molecule has 1 fully saturated rings. The van der Waals surface area contributed by atoms with E-state index < -0.39 is 0 Å². The number of nitrogens with one attached hydrogen (secondary N) is 1. The molecular formula is C23H28N4O. The van der Waals surface area contributed by atoms with Gasteiger partial charge in [0.15, 0.2) is 5.82 Å². The number of ether oxygens (including phenoxy) is 1. The molecule has 2 aromatic carbocycles. The average molecular weight is 377 g/mol. The van der Waals surface area contributed by atoms with Gasteiger partial charge in [0.25, 0.3) is 0 Å². The molecule has 3 aromatic rings. The average Bonchev–Trinajstić information content (AvgIpc) is 2.72. The highest BCUT2D eigenvalue weighted by atomic mass is 16.5. The van der Waals surface area contributed by atoms with Crippen molar-refractivity contribution < 1.29 is 4.74 Å². The van der Waals surface area contributed by atoms with Gasteiger partial charge in [-0.2, -0.15) is 5.10 Å². The summed E-state index contributed by atoms with van der Waals surface area (Å²) in [7, 11) is 0. The molecule has 1 aromatic heterocycles. The summed E-state index contributed by atoms with van der Waals surface area (Å²) < 4.78 is 5.50. The first-order chi connectivity index (χ1) is 13.5. The molecule has 28 heavy (non-hydrogen) atoms. The second kappa shape index (κ2) is 7.76. The van der Waals surface area contributed by atoms with Crippen molar-refractivity contribution in [1.82, 2.24) is 10.2 Å². The first kappa shape index (κ1) is 18.7. The van der Waals surface area contributed by atoms with E-state index in [0.29, 0.717) is 0 Å². The Morgan fingerprint density at radius 1 is 1.00 bits per heavy atom. The predicted molar refractivity (Wildman–Crippen MR) is 115 cm³/mol. The van der Waals surface area contributed by atoms with E-state index in [0.717, 1.165) is 48.6 Å². The predicted octanol–water partition coefficient (Wildman–Crippen LogP) is 4.56. The van der Waals surface area contributed by atoms with Crippen LogP contribution in [0.5, 0.6) is 0 Å². The lowest BCUT2D eigenvalue weighted by Crippen LogP contribution is -2.36. The monoisotopic (exact) mass is 376 g/mol. The Morgan fingerprint density at radius 3 is 2.57 bits per heavy atom. The number of benzene rings is 2. The van der Waals surface area contributed by atoms with Crippen LogP contribution in [-0.4, -0.2) is 36.5 Å². The SMILES string of the molecule is Cc1cccc([C@@H](C)Nc2nnc(C)c3ccc(N4CCOCC4)cc23)c1C. The van der Waals surface area contributed by atoms with Gasteiger partial charge in [-0.3, -0.25) is 0 Å². The third-order valence-corrected chi connectivity index (χ3v) is 5.79. The van der Waals surface area contributed by atoms with Gasteiger partial charge in [0.05, 0.1) is 24.9 Å². The smallest absolute Gasteiger partial charge is 0.157 e. The van der Waals surface area contributed by atoms with Crippen molar-refractivity contribution in [2.24, 2.45) is 0 Å². The molecule has 0 radical (unpaired) electrons. The maximum Gasteiger partial charge on any atom is 0.157 e. The minimum absolute atomic E-state index is 0.146. The Kier molecular flexibility index (Phi) is 5.18. The quantitative estimate of drug-likeness (QED) is 0.723. The molecule has 0 spiro atoms. The highest BCUT2D eigenvalue weighted by molar-refractivity contribution is 5.95. The van der Waals surface area contributed by atoms with E-state index in [9.17, 15) is 0 Å². The molecule has 0 amide bonds. The topological polar surface area (TPSA) is 50.3 Å². The Morgan fingerprint density at radius 2 is 1.79 bits per heavy atom. The summed E-state index contributed by atoms with van der Waals surface area (Å²) in [5.41, 5.74) is 6.08. The lowest BCUT2D eigenvalue weighted by atomic mass is 9.98. The molecule has 0 bridgehead atoms. The van der Waals surface area contributed by atoms with E-state index in [1.165, 1.54) is 22.4 Å². The molecule has 4 rings (SSSR count). The molecule has 0 unspecified atom stereocenters. The minimum Gasteiger partial charge on any atom is -0.378 e. The Labute approximate surface area is 166 Å². The fourth-order valence-corrected chi connectivity index (χ4v) is 3.93. The summed E-state index contributed by atoms with van der Waals surface area (Å²) in [5, 5.41) is 14.8. The molecule has 2 heterocycles. The van der Waals surface area contributed by atoms with Gasteiger partial charge >= 0.3 is 0 Å². The van der Waals surface area contributed by atoms with Crippen molar-refractivity contribution in [3.05, 3.63) is 58.8 Å². The summed E-state index contributed by atoms with van der Waals surface area (Å²) >= 11 is 0. The zero-order chi connectivity index (χ0) is 19.7. The second-order valence-electron chi connectivity index (χ2n) is 7.62. The van der Waals surface area contributed by atoms with Crippen LogP contribution >= 0.6 is 0 Å². The normalized spacial score (nSPS) is 15.6. The third kappa shape index (κ3) is 3.54. The van der Waals surface area contributed by atoms with Crippen LogP contribution in [0.2, 0.25) is 0 Å². The van der Waals surface area contributed by atoms with Crippen molar-refractivity contribution in [3.63, 3.8) is 0 Å². The molecule has 146 valence electrons. The summed E-state index contributed by atoms with van der Waals surface area (Å²) in [6.45, 7) is 11.9. The standard InChI is InChI=1S/C23H28N4O/c1-15-6-5-7-20(16(15)2)17(3)24-23-22-14-19(27-10-12-28-13-11-27)8-9-21(22)18(4)25-26-23/h5-9,14,17H,10-13H2,1-4H3,(H,24,26)/t17-/m1/s1. The van der Waals surface area contributed by atoms with E-state index in [-0.39, 0.29) is 6.04 Å². The lowest BCUT2D eigenvalue weighted by molar-refractivity contribution is 0.122. The first-order valence-electron chi connectivity index (χ1n) is 9.97. The number of aryl methyl sites for hydroxylation is 2. The van der Waals surface area contributed by atoms with E-state index in [2.05, 4.69) is 77.6 Å². The van der Waals surface area contributed by atoms with Gasteiger partial charge in [-0.25, -0.2) is 0 Å². The molecule has 1 aliphatic heterocycles. The van der Waals surface area contributed by atoms with E-state index in [1.54, 1.807) is 0 Å². The molecule has 1 saturated heterocycles. The van der Waals surface area contributed by atoms with Crippen molar-refractivity contribution in [2.75, 3.05) is 36.5 Å². The summed E-state index contributed by atoms with van der Waals surface area (Å²) in [5.74, 6) is 0.837. The van der Waals surface area contributed by atoms with Crippen LogP contribution in [0.1, 0.15) is 35.3 Å². The van der Waals surface area contributed by atoms with Crippen LogP contribution < -0.4 is 10.2 Å². The van der Waals surface area contributed by atoms with Crippen molar-refractivity contribution in [1.29, 1.82) is 0 Å². The Bertz CT molecular complexity index is 995. The second-order valence-corrected chi connectivity index (χ2v) is 7.62. The van der Waals surface area contributed by atoms with Crippen LogP contribution in [0.4, 0.5) is 11.5 Å². The molecular weight excluding hydrogens is 348 g/mol. The maximum absolute atomic E-state index is 5.50. The molecule has 5 nitrogen and oxygen atoms in total. The lowest BCUT2D eigenvalue weighted by Gasteiger charge is -2.29. The van der Waals surface area contributed by atoms with E-state index >= 15 is 0 Å². The van der Waals surface area contributed by atoms with Crippen LogP contribution in [0, 0.1) is 20.8 Å². The van der Waals surface area contributed by atoms with Crippen LogP contribution in [0.15, 0.2) is 36.4 Å².